The summed E-state index contributed by atoms with van der Waals surface area (Å²) < 4.78 is 42.2. The number of esters is 2. The summed E-state index contributed by atoms with van der Waals surface area (Å²) in [6, 6.07) is 65.6. The van der Waals surface area contributed by atoms with Crippen LogP contribution < -0.4 is 41.2 Å². The molecule has 9 aromatic carbocycles. The first kappa shape index (κ1) is 90.9. The van der Waals surface area contributed by atoms with Gasteiger partial charge in [-0.25, -0.2) is 28.7 Å². The number of aromatic hydroxyl groups is 2. The van der Waals surface area contributed by atoms with Crippen LogP contribution in [0.1, 0.15) is 130 Å². The smallest absolute Gasteiger partial charge is 0.344 e. The number of amides is 3. The van der Waals surface area contributed by atoms with E-state index in [1.54, 1.807) is 88.8 Å². The fourth-order valence-electron chi connectivity index (χ4n) is 17.3. The molecule has 3 amide bonds. The minimum absolute atomic E-state index is 0.0413. The van der Waals surface area contributed by atoms with Crippen molar-refractivity contribution in [1.82, 2.24) is 29.4 Å². The van der Waals surface area contributed by atoms with Crippen LogP contribution in [0.3, 0.4) is 0 Å². The van der Waals surface area contributed by atoms with Crippen LogP contribution in [0, 0.1) is 32.1 Å². The van der Waals surface area contributed by atoms with Crippen molar-refractivity contribution < 1.29 is 66.7 Å². The number of amidine groups is 1. The highest BCUT2D eigenvalue weighted by Gasteiger charge is 2.45. The van der Waals surface area contributed by atoms with E-state index >= 15 is 0 Å². The van der Waals surface area contributed by atoms with E-state index in [1.807, 2.05) is 122 Å². The Hall–Kier alpha value is -14.5. The molecular formula is C103H100N10O17S2. The maximum atomic E-state index is 13.4. The fourth-order valence-corrected chi connectivity index (χ4v) is 19.0. The molecule has 2 atom stereocenters. The zero-order valence-corrected chi connectivity index (χ0v) is 75.8. The number of carbonyl (C=O) groups excluding carboxylic acids is 5. The Morgan fingerprint density at radius 1 is 0.652 bits per heavy atom. The number of nitrogens with zero attached hydrogens (tertiary/aromatic N) is 9. The Labute approximate surface area is 768 Å². The molecule has 5 aromatic heterocycles. The van der Waals surface area contributed by atoms with Gasteiger partial charge in [0.05, 0.1) is 99.6 Å². The van der Waals surface area contributed by atoms with E-state index in [-0.39, 0.29) is 80.4 Å². The molecule has 0 radical (unpaired) electrons. The number of methoxy groups -OCH3 is 2. The molecule has 9 heterocycles. The molecule has 4 aliphatic heterocycles. The lowest BCUT2D eigenvalue weighted by atomic mass is 9.75. The summed E-state index contributed by atoms with van der Waals surface area (Å²) in [6.07, 6.45) is 8.67. The van der Waals surface area contributed by atoms with Crippen LogP contribution in [0.2, 0.25) is 0 Å². The molecule has 132 heavy (non-hydrogen) atoms. The van der Waals surface area contributed by atoms with Crippen LogP contribution in [0.4, 0.5) is 11.5 Å². The standard InChI is InChI=1S/C27H18O8.C26H27N5OS.C25H26N4O3S.C25H29NO5/c1-33-25(30)15-12-10-14(11-13-15)20(21-23(28)16-6-2-4-8-18(16)34-26(21)31)22-24(29)17-7-3-5-9-19(17)35-27(22)32;1-16-11-18(3)21(12-17(16)2)22-13-24(31(30-22)20-7-5-4-6-8-20)29-25(32)15-33-26-27-14-23(28-26)19-9-10-19;1-3-20(29-25(31)23-19-6-4-5-7-21(19)33-22(23)16-26-29)24(30)28-14-12-27(13-15-28)17-8-10-18(32-2)11-9-17;1-2-29-24(28)25(13-6-10-19-8-4-3-5-9-19)14-7-15-26(17-25)23(27)20-11-12-21-22(16-20)31-18-30-21/h2-13,20,28-29H,1H3;4-8,11-13,19H,9-10,14-15H2,1-3H3,(H,29,32);4-11,16,20H,3,12-15H2,1-2H3;3-5,8-9,11-12,16H,2,6-7,10,13-15,17-18H2,1H3. The number of benzene rings is 9. The first-order valence-corrected chi connectivity index (χ1v) is 45.8. The number of anilines is 2. The maximum Gasteiger partial charge on any atom is 0.344 e. The number of fused-ring (bicyclic) bond motifs is 6. The van der Waals surface area contributed by atoms with Gasteiger partial charge in [-0.1, -0.05) is 128 Å². The summed E-state index contributed by atoms with van der Waals surface area (Å²) in [5.41, 5.74) is 8.26. The van der Waals surface area contributed by atoms with E-state index in [0.29, 0.717) is 91.9 Å². The average Bonchev–Trinajstić information content (AvgIpc) is 1.03. The molecule has 3 N–H and O–H groups in total. The number of aliphatic imine (C=N–C) groups is 2. The van der Waals surface area contributed by atoms with Crippen molar-refractivity contribution >= 4 is 117 Å². The minimum atomic E-state index is -1.27. The van der Waals surface area contributed by atoms with Gasteiger partial charge in [0.15, 0.2) is 16.7 Å². The number of ether oxygens (including phenoxy) is 5. The highest BCUT2D eigenvalue weighted by Crippen LogP contribution is 2.44. The molecule has 2 unspecified atom stereocenters. The molecule has 5 aliphatic rings. The van der Waals surface area contributed by atoms with Gasteiger partial charge in [0, 0.05) is 77.9 Å². The Morgan fingerprint density at radius 3 is 1.95 bits per heavy atom. The lowest BCUT2D eigenvalue weighted by Gasteiger charge is -2.41. The molecule has 1 aliphatic carbocycles. The van der Waals surface area contributed by atoms with E-state index in [1.165, 1.54) is 95.2 Å². The summed E-state index contributed by atoms with van der Waals surface area (Å²) in [7, 11) is 2.90. The monoisotopic (exact) mass is 1810 g/mol. The molecule has 1 saturated carbocycles. The second-order valence-corrected chi connectivity index (χ2v) is 35.0. The number of piperazine rings is 1. The quantitative estimate of drug-likeness (QED) is 0.0419. The summed E-state index contributed by atoms with van der Waals surface area (Å²) in [4.78, 5) is 119. The lowest BCUT2D eigenvalue weighted by Crippen LogP contribution is -2.51. The highest BCUT2D eigenvalue weighted by atomic mass is 32.2. The lowest BCUT2D eigenvalue weighted by molar-refractivity contribution is -0.159. The number of thiophene rings is 1. The molecule has 676 valence electrons. The number of likely N-dealkylation sites (tertiary alicyclic amines) is 1. The predicted octanol–water partition coefficient (Wildman–Crippen LogP) is 17.8. The van der Waals surface area contributed by atoms with Crippen LogP contribution in [-0.4, -0.2) is 159 Å². The summed E-state index contributed by atoms with van der Waals surface area (Å²) in [5, 5.41) is 37.4. The predicted molar refractivity (Wildman–Crippen MR) is 512 cm³/mol. The van der Waals surface area contributed by atoms with Crippen LogP contribution in [-0.2, 0) is 30.3 Å². The van der Waals surface area contributed by atoms with Crippen molar-refractivity contribution in [3.8, 4) is 45.7 Å². The normalized spacial score (nSPS) is 15.3. The maximum absolute atomic E-state index is 13.4. The molecular weight excluding hydrogens is 1710 g/mol. The van der Waals surface area contributed by atoms with Gasteiger partial charge in [-0.15, -0.1) is 11.3 Å². The van der Waals surface area contributed by atoms with Crippen LogP contribution in [0.25, 0.3) is 59.1 Å². The third-order valence-corrected chi connectivity index (χ3v) is 26.5. The fraction of sp³-hybridized carbons (Fsp3) is 0.282. The molecule has 14 aromatic rings. The van der Waals surface area contributed by atoms with E-state index in [0.717, 1.165) is 92.7 Å². The number of rotatable bonds is 22. The number of hydrogen-bond donors (Lipinski definition) is 3. The highest BCUT2D eigenvalue weighted by molar-refractivity contribution is 8.14. The first-order valence-electron chi connectivity index (χ1n) is 44.0. The van der Waals surface area contributed by atoms with Gasteiger partial charge in [0.2, 0.25) is 18.6 Å². The van der Waals surface area contributed by atoms with Crippen molar-refractivity contribution in [1.29, 1.82) is 0 Å². The van der Waals surface area contributed by atoms with Gasteiger partial charge in [0.25, 0.3) is 11.5 Å². The second-order valence-electron chi connectivity index (χ2n) is 33.0. The second kappa shape index (κ2) is 40.7. The number of hydrogen-bond acceptors (Lipinski definition) is 24. The molecule has 27 nitrogen and oxygen atoms in total. The van der Waals surface area contributed by atoms with Gasteiger partial charge in [-0.3, -0.25) is 29.0 Å². The molecule has 29 heteroatoms. The number of carbonyl (C=O) groups is 5. The number of piperidine rings is 1. The topological polar surface area (TPSA) is 332 Å². The Morgan fingerprint density at radius 2 is 1.29 bits per heavy atom. The van der Waals surface area contributed by atoms with Crippen molar-refractivity contribution in [2.45, 2.75) is 97.9 Å². The van der Waals surface area contributed by atoms with Crippen LogP contribution in [0.5, 0.6) is 28.7 Å². The Balaban J connectivity index is 0.000000129. The van der Waals surface area contributed by atoms with Crippen molar-refractivity contribution in [2.24, 2.45) is 21.3 Å². The Bertz CT molecular complexity index is 6800. The van der Waals surface area contributed by atoms with Gasteiger partial charge < -0.3 is 62.7 Å². The van der Waals surface area contributed by atoms with Gasteiger partial charge in [0.1, 0.15) is 40.3 Å². The van der Waals surface area contributed by atoms with E-state index < -0.39 is 46.1 Å². The molecule has 0 spiro atoms. The average molecular weight is 1810 g/mol. The Kier molecular flexibility index (Phi) is 28.0. The van der Waals surface area contributed by atoms with E-state index in [4.69, 9.17) is 37.6 Å². The van der Waals surface area contributed by atoms with Crippen molar-refractivity contribution in [3.63, 3.8) is 0 Å². The number of aryl methyl sites for hydroxylation is 4. The van der Waals surface area contributed by atoms with E-state index in [9.17, 15) is 48.6 Å². The third kappa shape index (κ3) is 20.0. The summed E-state index contributed by atoms with van der Waals surface area (Å²) in [6.45, 7) is 15.0. The number of para-hydroxylation sites is 3. The third-order valence-electron chi connectivity index (χ3n) is 24.5. The molecule has 2 saturated heterocycles. The number of nitrogens with one attached hydrogen (secondary N) is 1. The molecule has 0 bridgehead atoms. The van der Waals surface area contributed by atoms with Crippen molar-refractivity contribution in [2.75, 3.05) is 89.4 Å². The zero-order chi connectivity index (χ0) is 92.3. The number of aromatic nitrogens is 4. The van der Waals surface area contributed by atoms with Crippen LogP contribution >= 0.6 is 23.1 Å². The van der Waals surface area contributed by atoms with E-state index in [2.05, 4.69) is 70.3 Å². The van der Waals surface area contributed by atoms with Crippen LogP contribution in [0.15, 0.2) is 258 Å². The zero-order valence-electron chi connectivity index (χ0n) is 74.2. The van der Waals surface area contributed by atoms with Crippen molar-refractivity contribution in [3.05, 3.63) is 306 Å². The van der Waals surface area contributed by atoms with Gasteiger partial charge >= 0.3 is 23.2 Å². The minimum Gasteiger partial charge on any atom is -0.507 e. The summed E-state index contributed by atoms with van der Waals surface area (Å²) >= 11 is 2.95. The van der Waals surface area contributed by atoms with Gasteiger partial charge in [-0.2, -0.15) is 10.2 Å². The largest absolute Gasteiger partial charge is 0.507 e. The molecule has 19 rings (SSSR count). The first-order chi connectivity index (χ1) is 64.1. The summed E-state index contributed by atoms with van der Waals surface area (Å²) in [5.74, 6) is 0.529. The van der Waals surface area contributed by atoms with Gasteiger partial charge in [-0.05, 0) is 216 Å². The SMILES string of the molecule is CCC(C(=O)N1CCN(c2ccc(OC)cc2)CC1)n1ncc2sc3ccccc3c2c1=O.CCOC(=O)C1(CCCc2ccccc2)CCCN(C(=O)c2ccc3c(c2)OCO3)C1.COC(=O)c1ccc(C(c2c(O)c3ccccc3oc2=O)c2c(O)c3ccccc3oc2=O)cc1.Cc1cc(C)c(-c2cc(NC(=O)CSC3=NCC(C4CC4)=N3)n(-c3ccccc3)n2)cc1C. The molecule has 3 fully saturated rings. The number of thioether (sulfide) groups is 1.